The maximum atomic E-state index is 11.8. The first kappa shape index (κ1) is 14.5. The van der Waals surface area contributed by atoms with Gasteiger partial charge in [-0.1, -0.05) is 19.1 Å². The average Bonchev–Trinajstić information content (AvgIpc) is 2.76. The summed E-state index contributed by atoms with van der Waals surface area (Å²) in [5.74, 6) is 0.507. The van der Waals surface area contributed by atoms with Crippen LogP contribution in [-0.4, -0.2) is 17.5 Å². The molecule has 1 amide bonds. The van der Waals surface area contributed by atoms with Crippen molar-refractivity contribution in [1.29, 1.82) is 0 Å². The standard InChI is InChI=1S/C15H18N2O2S/c1-4-13-11(3)20-15(16-13)17-14(18)9-19-12-7-5-6-10(2)8-12/h5-8H,4,9H2,1-3H3,(H,16,17,18). The third-order valence-corrected chi connectivity index (χ3v) is 3.76. The zero-order chi connectivity index (χ0) is 14.5. The van der Waals surface area contributed by atoms with Gasteiger partial charge in [-0.3, -0.25) is 10.1 Å². The summed E-state index contributed by atoms with van der Waals surface area (Å²) < 4.78 is 5.45. The molecule has 0 radical (unpaired) electrons. The van der Waals surface area contributed by atoms with Gasteiger partial charge in [0, 0.05) is 4.88 Å². The van der Waals surface area contributed by atoms with Crippen LogP contribution in [0.1, 0.15) is 23.1 Å². The van der Waals surface area contributed by atoms with Crippen molar-refractivity contribution in [1.82, 2.24) is 4.98 Å². The van der Waals surface area contributed by atoms with Crippen LogP contribution in [-0.2, 0) is 11.2 Å². The predicted octanol–water partition coefficient (Wildman–Crippen LogP) is 3.34. The lowest BCUT2D eigenvalue weighted by molar-refractivity contribution is -0.118. The minimum Gasteiger partial charge on any atom is -0.484 e. The van der Waals surface area contributed by atoms with Gasteiger partial charge in [-0.05, 0) is 38.0 Å². The van der Waals surface area contributed by atoms with E-state index in [1.165, 1.54) is 11.3 Å². The van der Waals surface area contributed by atoms with Gasteiger partial charge in [-0.15, -0.1) is 11.3 Å². The second-order valence-corrected chi connectivity index (χ2v) is 5.73. The van der Waals surface area contributed by atoms with Crippen LogP contribution in [0.3, 0.4) is 0 Å². The number of hydrogen-bond acceptors (Lipinski definition) is 4. The number of benzene rings is 1. The Balaban J connectivity index is 1.89. The van der Waals surface area contributed by atoms with E-state index in [9.17, 15) is 4.79 Å². The molecule has 106 valence electrons. The quantitative estimate of drug-likeness (QED) is 0.919. The van der Waals surface area contributed by atoms with E-state index in [-0.39, 0.29) is 12.5 Å². The van der Waals surface area contributed by atoms with Crippen molar-refractivity contribution >= 4 is 22.4 Å². The number of rotatable bonds is 5. The van der Waals surface area contributed by atoms with E-state index in [0.717, 1.165) is 22.6 Å². The Hall–Kier alpha value is -1.88. The van der Waals surface area contributed by atoms with E-state index < -0.39 is 0 Å². The summed E-state index contributed by atoms with van der Waals surface area (Å²) in [5, 5.41) is 3.40. The van der Waals surface area contributed by atoms with Crippen LogP contribution in [0.4, 0.5) is 5.13 Å². The molecule has 0 fully saturated rings. The number of aryl methyl sites for hydroxylation is 3. The lowest BCUT2D eigenvalue weighted by Crippen LogP contribution is -2.20. The van der Waals surface area contributed by atoms with Gasteiger partial charge >= 0.3 is 0 Å². The topological polar surface area (TPSA) is 51.2 Å². The highest BCUT2D eigenvalue weighted by molar-refractivity contribution is 7.15. The first-order chi connectivity index (χ1) is 9.58. The van der Waals surface area contributed by atoms with Crippen LogP contribution in [0.15, 0.2) is 24.3 Å². The van der Waals surface area contributed by atoms with Crippen LogP contribution in [0, 0.1) is 13.8 Å². The number of amides is 1. The van der Waals surface area contributed by atoms with Gasteiger partial charge in [0.25, 0.3) is 5.91 Å². The summed E-state index contributed by atoms with van der Waals surface area (Å²) in [6.07, 6.45) is 0.873. The van der Waals surface area contributed by atoms with Crippen molar-refractivity contribution in [2.75, 3.05) is 11.9 Å². The first-order valence-corrected chi connectivity index (χ1v) is 7.35. The SMILES string of the molecule is CCc1nc(NC(=O)COc2cccc(C)c2)sc1C. The molecule has 1 N–H and O–H groups in total. The molecule has 1 aromatic heterocycles. The van der Waals surface area contributed by atoms with Crippen molar-refractivity contribution in [2.45, 2.75) is 27.2 Å². The number of carbonyl (C=O) groups is 1. The molecule has 1 heterocycles. The van der Waals surface area contributed by atoms with Gasteiger partial charge in [0.05, 0.1) is 5.69 Å². The molecular weight excluding hydrogens is 272 g/mol. The Morgan fingerprint density at radius 1 is 1.40 bits per heavy atom. The minimum absolute atomic E-state index is 0.0104. The molecule has 2 aromatic rings. The predicted molar refractivity (Wildman–Crippen MR) is 81.5 cm³/mol. The molecule has 2 rings (SSSR count). The number of nitrogens with zero attached hydrogens (tertiary/aromatic N) is 1. The van der Waals surface area contributed by atoms with Crippen LogP contribution in [0.25, 0.3) is 0 Å². The van der Waals surface area contributed by atoms with Crippen molar-refractivity contribution in [2.24, 2.45) is 0 Å². The third-order valence-electron chi connectivity index (χ3n) is 2.83. The second kappa shape index (κ2) is 6.52. The minimum atomic E-state index is -0.192. The van der Waals surface area contributed by atoms with Crippen molar-refractivity contribution in [3.63, 3.8) is 0 Å². The molecule has 0 spiro atoms. The van der Waals surface area contributed by atoms with Crippen molar-refractivity contribution < 1.29 is 9.53 Å². The van der Waals surface area contributed by atoms with E-state index in [0.29, 0.717) is 10.9 Å². The normalized spacial score (nSPS) is 10.3. The lowest BCUT2D eigenvalue weighted by atomic mass is 10.2. The smallest absolute Gasteiger partial charge is 0.264 e. The first-order valence-electron chi connectivity index (χ1n) is 6.54. The van der Waals surface area contributed by atoms with Gasteiger partial charge in [0.1, 0.15) is 5.75 Å². The van der Waals surface area contributed by atoms with E-state index in [2.05, 4.69) is 17.2 Å². The molecule has 0 aliphatic carbocycles. The molecule has 0 saturated carbocycles. The molecule has 5 heteroatoms. The number of thiazole rings is 1. The van der Waals surface area contributed by atoms with Gasteiger partial charge in [0.15, 0.2) is 11.7 Å². The zero-order valence-corrected chi connectivity index (χ0v) is 12.7. The Kier molecular flexibility index (Phi) is 4.74. The maximum Gasteiger partial charge on any atom is 0.264 e. The number of carbonyl (C=O) groups excluding carboxylic acids is 1. The molecule has 20 heavy (non-hydrogen) atoms. The van der Waals surface area contributed by atoms with Crippen LogP contribution < -0.4 is 10.1 Å². The molecule has 4 nitrogen and oxygen atoms in total. The summed E-state index contributed by atoms with van der Waals surface area (Å²) in [6.45, 7) is 6.03. The number of aromatic nitrogens is 1. The second-order valence-electron chi connectivity index (χ2n) is 4.53. The van der Waals surface area contributed by atoms with Crippen LogP contribution in [0.2, 0.25) is 0 Å². The number of nitrogens with one attached hydrogen (secondary N) is 1. The molecule has 0 aliphatic heterocycles. The Labute approximate surface area is 122 Å². The fourth-order valence-corrected chi connectivity index (χ4v) is 2.74. The fourth-order valence-electron chi connectivity index (χ4n) is 1.82. The molecular formula is C15H18N2O2S. The average molecular weight is 290 g/mol. The van der Waals surface area contributed by atoms with Gasteiger partial charge in [-0.25, -0.2) is 4.98 Å². The lowest BCUT2D eigenvalue weighted by Gasteiger charge is -2.06. The molecule has 1 aromatic carbocycles. The highest BCUT2D eigenvalue weighted by Gasteiger charge is 2.09. The summed E-state index contributed by atoms with van der Waals surface area (Å²) >= 11 is 1.49. The summed E-state index contributed by atoms with van der Waals surface area (Å²) in [5.41, 5.74) is 2.14. The Morgan fingerprint density at radius 3 is 2.85 bits per heavy atom. The van der Waals surface area contributed by atoms with E-state index in [1.807, 2.05) is 38.1 Å². The largest absolute Gasteiger partial charge is 0.484 e. The molecule has 0 bridgehead atoms. The zero-order valence-electron chi connectivity index (χ0n) is 11.9. The summed E-state index contributed by atoms with van der Waals surface area (Å²) in [7, 11) is 0. The monoisotopic (exact) mass is 290 g/mol. The summed E-state index contributed by atoms with van der Waals surface area (Å²) in [4.78, 5) is 17.3. The van der Waals surface area contributed by atoms with E-state index in [1.54, 1.807) is 0 Å². The van der Waals surface area contributed by atoms with Gasteiger partial charge in [0.2, 0.25) is 0 Å². The van der Waals surface area contributed by atoms with Crippen LogP contribution >= 0.6 is 11.3 Å². The van der Waals surface area contributed by atoms with Gasteiger partial charge in [-0.2, -0.15) is 0 Å². The molecule has 0 aliphatic rings. The van der Waals surface area contributed by atoms with Crippen molar-refractivity contribution in [3.8, 4) is 5.75 Å². The number of ether oxygens (including phenoxy) is 1. The van der Waals surface area contributed by atoms with Gasteiger partial charge < -0.3 is 4.74 Å². The summed E-state index contributed by atoms with van der Waals surface area (Å²) in [6, 6.07) is 7.62. The Morgan fingerprint density at radius 2 is 2.20 bits per heavy atom. The molecule has 0 saturated heterocycles. The maximum absolute atomic E-state index is 11.8. The Bertz CT molecular complexity index is 608. The number of hydrogen-bond donors (Lipinski definition) is 1. The third kappa shape index (κ3) is 3.81. The highest BCUT2D eigenvalue weighted by Crippen LogP contribution is 2.22. The van der Waals surface area contributed by atoms with Crippen LogP contribution in [0.5, 0.6) is 5.75 Å². The molecule has 0 atom stereocenters. The number of anilines is 1. The van der Waals surface area contributed by atoms with E-state index in [4.69, 9.17) is 4.74 Å². The highest BCUT2D eigenvalue weighted by atomic mass is 32.1. The van der Waals surface area contributed by atoms with E-state index >= 15 is 0 Å². The van der Waals surface area contributed by atoms with Crippen molar-refractivity contribution in [3.05, 3.63) is 40.4 Å². The molecule has 0 unspecified atom stereocenters. The fraction of sp³-hybridized carbons (Fsp3) is 0.333.